The van der Waals surface area contributed by atoms with Crippen molar-refractivity contribution in [2.75, 3.05) is 13.1 Å². The topological polar surface area (TPSA) is 60.2 Å². The lowest BCUT2D eigenvalue weighted by Crippen LogP contribution is -2.43. The molecular formula is C21H26FIN4. The van der Waals surface area contributed by atoms with E-state index in [0.29, 0.717) is 24.6 Å². The number of halogens is 2. The van der Waals surface area contributed by atoms with Crippen LogP contribution in [-0.4, -0.2) is 19.0 Å². The van der Waals surface area contributed by atoms with E-state index in [1.807, 2.05) is 25.1 Å². The summed E-state index contributed by atoms with van der Waals surface area (Å²) in [7, 11) is 0. The van der Waals surface area contributed by atoms with Crippen LogP contribution in [0.1, 0.15) is 37.5 Å². The van der Waals surface area contributed by atoms with Gasteiger partial charge in [0.05, 0.1) is 18.2 Å². The van der Waals surface area contributed by atoms with E-state index in [9.17, 15) is 4.39 Å². The van der Waals surface area contributed by atoms with Crippen LogP contribution in [0.25, 0.3) is 0 Å². The summed E-state index contributed by atoms with van der Waals surface area (Å²) >= 11 is 0. The summed E-state index contributed by atoms with van der Waals surface area (Å²) in [6, 6.07) is 16.2. The Bertz CT molecular complexity index is 795. The van der Waals surface area contributed by atoms with Gasteiger partial charge < -0.3 is 10.6 Å². The second kappa shape index (κ2) is 10.9. The van der Waals surface area contributed by atoms with Crippen molar-refractivity contribution in [3.8, 4) is 6.07 Å². The van der Waals surface area contributed by atoms with Crippen LogP contribution in [0.3, 0.4) is 0 Å². The molecule has 0 radical (unpaired) electrons. The van der Waals surface area contributed by atoms with Gasteiger partial charge in [-0.3, -0.25) is 0 Å². The zero-order chi connectivity index (χ0) is 19.0. The molecule has 2 rings (SSSR count). The Morgan fingerprint density at radius 1 is 1.15 bits per heavy atom. The highest BCUT2D eigenvalue weighted by Crippen LogP contribution is 2.22. The largest absolute Gasteiger partial charge is 0.357 e. The van der Waals surface area contributed by atoms with Crippen molar-refractivity contribution in [1.29, 1.82) is 5.26 Å². The third-order valence-electron chi connectivity index (χ3n) is 4.15. The van der Waals surface area contributed by atoms with Gasteiger partial charge in [0.2, 0.25) is 0 Å². The lowest BCUT2D eigenvalue weighted by molar-refractivity contribution is 0.503. The average molecular weight is 480 g/mol. The molecule has 2 aromatic carbocycles. The standard InChI is InChI=1S/C21H25FN4.HI/c1-4-24-20(25-14-17-10-8-16(13-23)9-11-17)26-15-21(2,3)18-6-5-7-19(22)12-18;/h5-12H,4,14-15H2,1-3H3,(H2,24,25,26);1H. The average Bonchev–Trinajstić information content (AvgIpc) is 2.64. The molecule has 0 aliphatic carbocycles. The van der Waals surface area contributed by atoms with Gasteiger partial charge >= 0.3 is 0 Å². The summed E-state index contributed by atoms with van der Waals surface area (Å²) in [5.74, 6) is 0.485. The van der Waals surface area contributed by atoms with E-state index < -0.39 is 0 Å². The van der Waals surface area contributed by atoms with Crippen molar-refractivity contribution in [2.24, 2.45) is 4.99 Å². The molecule has 0 bridgehead atoms. The highest BCUT2D eigenvalue weighted by Gasteiger charge is 2.21. The molecule has 0 saturated carbocycles. The summed E-state index contributed by atoms with van der Waals surface area (Å²) in [6.07, 6.45) is 0. The number of nitrogens with one attached hydrogen (secondary N) is 2. The van der Waals surface area contributed by atoms with Crippen LogP contribution < -0.4 is 10.6 Å². The first kappa shape index (κ1) is 22.9. The van der Waals surface area contributed by atoms with Gasteiger partial charge in [-0.15, -0.1) is 24.0 Å². The summed E-state index contributed by atoms with van der Waals surface area (Å²) in [5, 5.41) is 15.4. The molecule has 0 aliphatic heterocycles. The number of hydrogen-bond acceptors (Lipinski definition) is 2. The lowest BCUT2D eigenvalue weighted by atomic mass is 9.84. The predicted molar refractivity (Wildman–Crippen MR) is 119 cm³/mol. The van der Waals surface area contributed by atoms with Crippen LogP contribution in [0.2, 0.25) is 0 Å². The van der Waals surface area contributed by atoms with E-state index >= 15 is 0 Å². The second-order valence-electron chi connectivity index (χ2n) is 6.75. The Labute approximate surface area is 177 Å². The maximum Gasteiger partial charge on any atom is 0.191 e. The number of nitriles is 1. The normalized spacial score (nSPS) is 11.3. The highest BCUT2D eigenvalue weighted by molar-refractivity contribution is 14.0. The molecule has 0 amide bonds. The van der Waals surface area contributed by atoms with Gasteiger partial charge in [0.1, 0.15) is 5.82 Å². The zero-order valence-electron chi connectivity index (χ0n) is 15.9. The minimum atomic E-state index is -0.243. The lowest BCUT2D eigenvalue weighted by Gasteiger charge is -2.27. The van der Waals surface area contributed by atoms with E-state index in [1.54, 1.807) is 24.3 Å². The van der Waals surface area contributed by atoms with Gasteiger partial charge in [0.15, 0.2) is 5.96 Å². The molecule has 0 heterocycles. The van der Waals surface area contributed by atoms with Crippen molar-refractivity contribution in [3.05, 3.63) is 71.0 Å². The van der Waals surface area contributed by atoms with Gasteiger partial charge in [-0.2, -0.15) is 5.26 Å². The van der Waals surface area contributed by atoms with Gasteiger partial charge in [0.25, 0.3) is 0 Å². The quantitative estimate of drug-likeness (QED) is 0.367. The molecule has 0 atom stereocenters. The van der Waals surface area contributed by atoms with Gasteiger partial charge in [-0.05, 0) is 42.3 Å². The molecule has 0 spiro atoms. The van der Waals surface area contributed by atoms with Crippen molar-refractivity contribution >= 4 is 29.9 Å². The van der Waals surface area contributed by atoms with Crippen LogP contribution in [0.15, 0.2) is 53.5 Å². The second-order valence-corrected chi connectivity index (χ2v) is 6.75. The number of hydrogen-bond donors (Lipinski definition) is 2. The zero-order valence-corrected chi connectivity index (χ0v) is 18.3. The fourth-order valence-corrected chi connectivity index (χ4v) is 2.51. The third kappa shape index (κ3) is 7.18. The van der Waals surface area contributed by atoms with Crippen LogP contribution in [0, 0.1) is 17.1 Å². The Morgan fingerprint density at radius 2 is 1.85 bits per heavy atom. The van der Waals surface area contributed by atoms with Crippen molar-refractivity contribution in [3.63, 3.8) is 0 Å². The summed E-state index contributed by atoms with van der Waals surface area (Å²) in [4.78, 5) is 4.59. The monoisotopic (exact) mass is 480 g/mol. The molecule has 0 saturated heterocycles. The van der Waals surface area contributed by atoms with E-state index in [4.69, 9.17) is 5.26 Å². The van der Waals surface area contributed by atoms with Crippen molar-refractivity contribution < 1.29 is 4.39 Å². The Morgan fingerprint density at radius 3 is 2.44 bits per heavy atom. The molecule has 0 unspecified atom stereocenters. The first-order valence-electron chi connectivity index (χ1n) is 8.72. The molecule has 4 nitrogen and oxygen atoms in total. The first-order valence-corrected chi connectivity index (χ1v) is 8.72. The fourth-order valence-electron chi connectivity index (χ4n) is 2.51. The maximum atomic E-state index is 13.5. The highest BCUT2D eigenvalue weighted by atomic mass is 127. The molecular weight excluding hydrogens is 454 g/mol. The first-order chi connectivity index (χ1) is 12.4. The third-order valence-corrected chi connectivity index (χ3v) is 4.15. The minimum absolute atomic E-state index is 0. The Hall–Kier alpha value is -2.14. The number of rotatable bonds is 6. The van der Waals surface area contributed by atoms with Crippen LogP contribution in [-0.2, 0) is 12.0 Å². The number of benzene rings is 2. The van der Waals surface area contributed by atoms with Crippen LogP contribution in [0.5, 0.6) is 0 Å². The van der Waals surface area contributed by atoms with E-state index in [2.05, 4.69) is 35.5 Å². The molecule has 0 fully saturated rings. The van der Waals surface area contributed by atoms with Crippen LogP contribution >= 0.6 is 24.0 Å². The smallest absolute Gasteiger partial charge is 0.191 e. The van der Waals surface area contributed by atoms with E-state index in [1.165, 1.54) is 6.07 Å². The molecule has 2 N–H and O–H groups in total. The van der Waals surface area contributed by atoms with Crippen molar-refractivity contribution in [2.45, 2.75) is 32.7 Å². The molecule has 144 valence electrons. The van der Waals surface area contributed by atoms with Crippen molar-refractivity contribution in [1.82, 2.24) is 10.6 Å². The molecule has 2 aromatic rings. The Kier molecular flexibility index (Phi) is 9.22. The Balaban J connectivity index is 0.00000364. The summed E-state index contributed by atoms with van der Waals surface area (Å²) < 4.78 is 13.5. The molecule has 0 aromatic heterocycles. The number of guanidine groups is 1. The van der Waals surface area contributed by atoms with Gasteiger partial charge in [0, 0.05) is 18.5 Å². The van der Waals surface area contributed by atoms with E-state index in [-0.39, 0.29) is 35.2 Å². The summed E-state index contributed by atoms with van der Waals surface area (Å²) in [5.41, 5.74) is 2.37. The number of nitrogens with zero attached hydrogens (tertiary/aromatic N) is 2. The van der Waals surface area contributed by atoms with Crippen LogP contribution in [0.4, 0.5) is 4.39 Å². The SMILES string of the molecule is CCNC(=NCc1ccc(C#N)cc1)NCC(C)(C)c1cccc(F)c1.I. The van der Waals surface area contributed by atoms with E-state index in [0.717, 1.165) is 17.7 Å². The predicted octanol–water partition coefficient (Wildman–Crippen LogP) is 4.35. The fraction of sp³-hybridized carbons (Fsp3) is 0.333. The molecule has 6 heteroatoms. The molecule has 27 heavy (non-hydrogen) atoms. The molecule has 0 aliphatic rings. The minimum Gasteiger partial charge on any atom is -0.357 e. The number of aliphatic imine (C=N–C) groups is 1. The summed E-state index contributed by atoms with van der Waals surface area (Å²) in [6.45, 7) is 8.03. The van der Waals surface area contributed by atoms with Gasteiger partial charge in [-0.25, -0.2) is 9.38 Å². The maximum absolute atomic E-state index is 13.5. The van der Waals surface area contributed by atoms with Gasteiger partial charge in [-0.1, -0.05) is 38.1 Å².